The van der Waals surface area contributed by atoms with Crippen LogP contribution in [0.4, 0.5) is 10.5 Å². The number of carbonyl (C=O) groups excluding carboxylic acids is 1. The second kappa shape index (κ2) is 7.27. The van der Waals surface area contributed by atoms with Crippen LogP contribution in [-0.4, -0.2) is 38.7 Å². The van der Waals surface area contributed by atoms with Gasteiger partial charge >= 0.3 is 6.03 Å². The monoisotopic (exact) mass is 342 g/mol. The van der Waals surface area contributed by atoms with Crippen molar-refractivity contribution >= 4 is 11.7 Å². The lowest BCUT2D eigenvalue weighted by atomic mass is 9.92. The largest absolute Gasteiger partial charge is 0.385 e. The molecule has 1 aromatic carbocycles. The van der Waals surface area contributed by atoms with E-state index in [0.717, 1.165) is 29.7 Å². The number of aliphatic hydroxyl groups is 1. The Balaban J connectivity index is 1.67. The minimum atomic E-state index is -0.656. The van der Waals surface area contributed by atoms with E-state index in [-0.39, 0.29) is 11.9 Å². The number of imidazole rings is 1. The number of hydrogen-bond donors (Lipinski definition) is 2. The summed E-state index contributed by atoms with van der Waals surface area (Å²) in [5, 5.41) is 13.7. The zero-order chi connectivity index (χ0) is 18.0. The van der Waals surface area contributed by atoms with Crippen LogP contribution in [0.15, 0.2) is 30.6 Å². The van der Waals surface area contributed by atoms with Crippen LogP contribution in [-0.2, 0) is 7.05 Å². The van der Waals surface area contributed by atoms with Crippen LogP contribution in [0.2, 0.25) is 0 Å². The number of aromatic nitrogens is 2. The van der Waals surface area contributed by atoms with E-state index in [1.54, 1.807) is 11.1 Å². The van der Waals surface area contributed by atoms with E-state index < -0.39 is 6.10 Å². The van der Waals surface area contributed by atoms with Gasteiger partial charge in [0.1, 0.15) is 11.9 Å². The van der Waals surface area contributed by atoms with Gasteiger partial charge in [-0.2, -0.15) is 0 Å². The first-order valence-corrected chi connectivity index (χ1v) is 8.75. The average Bonchev–Trinajstić information content (AvgIpc) is 3.04. The number of rotatable bonds is 3. The quantitative estimate of drug-likeness (QED) is 0.901. The van der Waals surface area contributed by atoms with Crippen molar-refractivity contribution in [1.29, 1.82) is 0 Å². The lowest BCUT2D eigenvalue weighted by Gasteiger charge is -2.35. The third kappa shape index (κ3) is 3.69. The van der Waals surface area contributed by atoms with E-state index in [0.29, 0.717) is 18.9 Å². The van der Waals surface area contributed by atoms with Crippen molar-refractivity contribution in [2.45, 2.75) is 32.8 Å². The van der Waals surface area contributed by atoms with Crippen LogP contribution in [0.1, 0.15) is 35.9 Å². The summed E-state index contributed by atoms with van der Waals surface area (Å²) < 4.78 is 1.83. The van der Waals surface area contributed by atoms with Crippen LogP contribution >= 0.6 is 0 Å². The Bertz CT molecular complexity index is 756. The predicted octanol–water partition coefficient (Wildman–Crippen LogP) is 3.01. The molecule has 2 heterocycles. The number of aliphatic hydroxyl groups excluding tert-OH is 1. The predicted molar refractivity (Wildman–Crippen MR) is 97.4 cm³/mol. The number of nitrogens with zero attached hydrogens (tertiary/aromatic N) is 3. The molecule has 2 atom stereocenters. The number of carbonyl (C=O) groups is 1. The summed E-state index contributed by atoms with van der Waals surface area (Å²) in [6.45, 7) is 5.28. The van der Waals surface area contributed by atoms with Gasteiger partial charge in [0.05, 0.1) is 0 Å². The van der Waals surface area contributed by atoms with Crippen molar-refractivity contribution in [2.75, 3.05) is 18.4 Å². The molecule has 2 N–H and O–H groups in total. The van der Waals surface area contributed by atoms with Gasteiger partial charge in [-0.1, -0.05) is 12.1 Å². The molecule has 1 aromatic heterocycles. The molecule has 1 aliphatic heterocycles. The molecule has 0 spiro atoms. The standard InChI is InChI=1S/C19H26N4O2/c1-13-6-4-8-16(14(13)2)21-19(25)23-10-5-7-15(12-23)17(24)18-20-9-11-22(18)3/h4,6,8-9,11,15,17,24H,5,7,10,12H2,1-3H3,(H,21,25). The van der Waals surface area contributed by atoms with Crippen LogP contribution in [0.5, 0.6) is 0 Å². The summed E-state index contributed by atoms with van der Waals surface area (Å²) in [7, 11) is 1.87. The number of nitrogens with one attached hydrogen (secondary N) is 1. The van der Waals surface area contributed by atoms with E-state index in [9.17, 15) is 9.90 Å². The van der Waals surface area contributed by atoms with E-state index in [1.807, 2.05) is 49.9 Å². The van der Waals surface area contributed by atoms with Gasteiger partial charge in [-0.05, 0) is 43.9 Å². The molecule has 0 radical (unpaired) electrons. The Morgan fingerprint density at radius 2 is 2.20 bits per heavy atom. The molecule has 3 rings (SSSR count). The van der Waals surface area contributed by atoms with Gasteiger partial charge in [0.25, 0.3) is 0 Å². The lowest BCUT2D eigenvalue weighted by molar-refractivity contribution is 0.0552. The number of piperidine rings is 1. The molecular formula is C19H26N4O2. The summed E-state index contributed by atoms with van der Waals surface area (Å²) >= 11 is 0. The van der Waals surface area contributed by atoms with Gasteiger partial charge in [0.15, 0.2) is 0 Å². The summed E-state index contributed by atoms with van der Waals surface area (Å²) in [4.78, 5) is 18.7. The Morgan fingerprint density at radius 3 is 2.92 bits per heavy atom. The maximum atomic E-state index is 12.7. The van der Waals surface area contributed by atoms with Crippen molar-refractivity contribution in [3.63, 3.8) is 0 Å². The van der Waals surface area contributed by atoms with Gasteiger partial charge in [-0.25, -0.2) is 9.78 Å². The van der Waals surface area contributed by atoms with Crippen molar-refractivity contribution in [3.05, 3.63) is 47.5 Å². The molecule has 6 nitrogen and oxygen atoms in total. The number of urea groups is 1. The Hall–Kier alpha value is -2.34. The molecule has 2 aromatic rings. The highest BCUT2D eigenvalue weighted by atomic mass is 16.3. The van der Waals surface area contributed by atoms with E-state index in [2.05, 4.69) is 10.3 Å². The summed E-state index contributed by atoms with van der Waals surface area (Å²) in [5.41, 5.74) is 3.08. The van der Waals surface area contributed by atoms with E-state index in [1.165, 1.54) is 0 Å². The van der Waals surface area contributed by atoms with Crippen molar-refractivity contribution in [2.24, 2.45) is 13.0 Å². The molecule has 2 amide bonds. The minimum absolute atomic E-state index is 0.000735. The molecule has 0 aliphatic carbocycles. The van der Waals surface area contributed by atoms with Crippen LogP contribution in [0.25, 0.3) is 0 Å². The topological polar surface area (TPSA) is 70.4 Å². The smallest absolute Gasteiger partial charge is 0.321 e. The van der Waals surface area contributed by atoms with Gasteiger partial charge in [0, 0.05) is 44.1 Å². The highest BCUT2D eigenvalue weighted by molar-refractivity contribution is 5.90. The zero-order valence-corrected chi connectivity index (χ0v) is 15.1. The first-order valence-electron chi connectivity index (χ1n) is 8.75. The molecule has 1 saturated heterocycles. The van der Waals surface area contributed by atoms with E-state index in [4.69, 9.17) is 0 Å². The number of likely N-dealkylation sites (tertiary alicyclic amines) is 1. The molecule has 6 heteroatoms. The summed E-state index contributed by atoms with van der Waals surface area (Å²) in [6, 6.07) is 5.79. The first kappa shape index (κ1) is 17.5. The number of amides is 2. The van der Waals surface area contributed by atoms with Crippen molar-refractivity contribution in [3.8, 4) is 0 Å². The van der Waals surface area contributed by atoms with Crippen molar-refractivity contribution in [1.82, 2.24) is 14.5 Å². The van der Waals surface area contributed by atoms with Gasteiger partial charge < -0.3 is 19.9 Å². The molecule has 1 fully saturated rings. The van der Waals surface area contributed by atoms with Crippen LogP contribution in [0.3, 0.4) is 0 Å². The lowest BCUT2D eigenvalue weighted by Crippen LogP contribution is -2.44. The Morgan fingerprint density at radius 1 is 1.40 bits per heavy atom. The van der Waals surface area contributed by atoms with Gasteiger partial charge in [-0.15, -0.1) is 0 Å². The molecule has 0 bridgehead atoms. The number of hydrogen-bond acceptors (Lipinski definition) is 3. The number of benzene rings is 1. The normalized spacial score (nSPS) is 18.9. The molecule has 2 unspecified atom stereocenters. The fraction of sp³-hybridized carbons (Fsp3) is 0.474. The Kier molecular flexibility index (Phi) is 5.08. The average molecular weight is 342 g/mol. The third-order valence-corrected chi connectivity index (χ3v) is 5.16. The fourth-order valence-corrected chi connectivity index (χ4v) is 3.41. The molecule has 0 saturated carbocycles. The molecular weight excluding hydrogens is 316 g/mol. The number of aryl methyl sites for hydroxylation is 2. The first-order chi connectivity index (χ1) is 12.0. The van der Waals surface area contributed by atoms with Crippen LogP contribution < -0.4 is 5.32 Å². The highest BCUT2D eigenvalue weighted by Gasteiger charge is 2.31. The van der Waals surface area contributed by atoms with Crippen molar-refractivity contribution < 1.29 is 9.90 Å². The third-order valence-electron chi connectivity index (χ3n) is 5.16. The summed E-state index contributed by atoms with van der Waals surface area (Å²) in [5.74, 6) is 0.654. The maximum absolute atomic E-state index is 12.7. The zero-order valence-electron chi connectivity index (χ0n) is 15.1. The molecule has 1 aliphatic rings. The van der Waals surface area contributed by atoms with Crippen LogP contribution in [0, 0.1) is 19.8 Å². The highest BCUT2D eigenvalue weighted by Crippen LogP contribution is 2.29. The van der Waals surface area contributed by atoms with Gasteiger partial charge in [-0.3, -0.25) is 0 Å². The Labute approximate surface area is 148 Å². The fourth-order valence-electron chi connectivity index (χ4n) is 3.41. The molecule has 25 heavy (non-hydrogen) atoms. The van der Waals surface area contributed by atoms with Gasteiger partial charge in [0.2, 0.25) is 0 Å². The SMILES string of the molecule is Cc1cccc(NC(=O)N2CCCC(C(O)c3nccn3C)C2)c1C. The molecule has 134 valence electrons. The minimum Gasteiger partial charge on any atom is -0.385 e. The van der Waals surface area contributed by atoms with E-state index >= 15 is 0 Å². The second-order valence-corrected chi connectivity index (χ2v) is 6.87. The second-order valence-electron chi connectivity index (χ2n) is 6.87. The maximum Gasteiger partial charge on any atom is 0.321 e. The summed E-state index contributed by atoms with van der Waals surface area (Å²) in [6.07, 6.45) is 4.63. The number of anilines is 1.